The fourth-order valence-electron chi connectivity index (χ4n) is 2.59. The highest BCUT2D eigenvalue weighted by molar-refractivity contribution is 5.67. The third-order valence-corrected chi connectivity index (χ3v) is 3.86. The SMILES string of the molecule is O=C(OCc1ccccc1)N1CCC2CNC2C1. The van der Waals surface area contributed by atoms with Crippen molar-refractivity contribution in [1.82, 2.24) is 10.2 Å². The van der Waals surface area contributed by atoms with Crippen molar-refractivity contribution < 1.29 is 9.53 Å². The van der Waals surface area contributed by atoms with Gasteiger partial charge in [0.2, 0.25) is 0 Å². The van der Waals surface area contributed by atoms with Gasteiger partial charge in [-0.05, 0) is 24.4 Å². The van der Waals surface area contributed by atoms with Crippen LogP contribution in [0.4, 0.5) is 4.79 Å². The second-order valence-electron chi connectivity index (χ2n) is 5.05. The fraction of sp³-hybridized carbons (Fsp3) is 0.500. The van der Waals surface area contributed by atoms with Gasteiger partial charge in [0.1, 0.15) is 6.61 Å². The summed E-state index contributed by atoms with van der Waals surface area (Å²) >= 11 is 0. The van der Waals surface area contributed by atoms with Gasteiger partial charge in [-0.3, -0.25) is 0 Å². The molecule has 2 heterocycles. The summed E-state index contributed by atoms with van der Waals surface area (Å²) in [5.74, 6) is 0.767. The van der Waals surface area contributed by atoms with Gasteiger partial charge in [-0.25, -0.2) is 4.79 Å². The maximum Gasteiger partial charge on any atom is 0.410 e. The van der Waals surface area contributed by atoms with Crippen molar-refractivity contribution in [2.24, 2.45) is 5.92 Å². The number of nitrogens with zero attached hydrogens (tertiary/aromatic N) is 1. The van der Waals surface area contributed by atoms with Crippen LogP contribution in [0.2, 0.25) is 0 Å². The summed E-state index contributed by atoms with van der Waals surface area (Å²) in [6.45, 7) is 3.09. The van der Waals surface area contributed by atoms with E-state index in [1.807, 2.05) is 35.2 Å². The van der Waals surface area contributed by atoms with Crippen LogP contribution in [0.15, 0.2) is 30.3 Å². The van der Waals surface area contributed by atoms with Crippen LogP contribution in [-0.4, -0.2) is 36.7 Å². The van der Waals surface area contributed by atoms with Crippen LogP contribution in [0.5, 0.6) is 0 Å². The topological polar surface area (TPSA) is 41.6 Å². The van der Waals surface area contributed by atoms with Crippen LogP contribution in [-0.2, 0) is 11.3 Å². The molecule has 1 aromatic rings. The number of nitrogens with one attached hydrogen (secondary N) is 1. The second-order valence-corrected chi connectivity index (χ2v) is 5.05. The van der Waals surface area contributed by atoms with E-state index in [9.17, 15) is 4.79 Å². The van der Waals surface area contributed by atoms with Crippen LogP contribution in [0.3, 0.4) is 0 Å². The molecule has 2 aliphatic rings. The lowest BCUT2D eigenvalue weighted by molar-refractivity contribution is 0.0522. The van der Waals surface area contributed by atoms with E-state index in [0.29, 0.717) is 12.6 Å². The molecule has 0 aliphatic carbocycles. The van der Waals surface area contributed by atoms with Gasteiger partial charge in [-0.15, -0.1) is 0 Å². The highest BCUT2D eigenvalue weighted by Gasteiger charge is 2.37. The number of carbonyl (C=O) groups excluding carboxylic acids is 1. The van der Waals surface area contributed by atoms with E-state index in [4.69, 9.17) is 4.74 Å². The fourth-order valence-corrected chi connectivity index (χ4v) is 2.59. The molecule has 18 heavy (non-hydrogen) atoms. The minimum absolute atomic E-state index is 0.189. The molecule has 0 radical (unpaired) electrons. The van der Waals surface area contributed by atoms with Crippen molar-refractivity contribution in [2.45, 2.75) is 19.1 Å². The van der Waals surface area contributed by atoms with E-state index in [1.165, 1.54) is 0 Å². The first-order valence-electron chi connectivity index (χ1n) is 6.52. The Morgan fingerprint density at radius 2 is 2.22 bits per heavy atom. The number of likely N-dealkylation sites (tertiary alicyclic amines) is 1. The predicted octanol–water partition coefficient (Wildman–Crippen LogP) is 1.62. The van der Waals surface area contributed by atoms with Crippen LogP contribution in [0.1, 0.15) is 12.0 Å². The Morgan fingerprint density at radius 3 is 2.89 bits per heavy atom. The maximum atomic E-state index is 11.9. The minimum atomic E-state index is -0.189. The number of carbonyl (C=O) groups is 1. The molecule has 2 fully saturated rings. The first-order chi connectivity index (χ1) is 8.83. The number of piperidine rings is 1. The van der Waals surface area contributed by atoms with E-state index >= 15 is 0 Å². The Labute approximate surface area is 107 Å². The molecule has 4 nitrogen and oxygen atoms in total. The van der Waals surface area contributed by atoms with Crippen LogP contribution >= 0.6 is 0 Å². The summed E-state index contributed by atoms with van der Waals surface area (Å²) in [7, 11) is 0. The highest BCUT2D eigenvalue weighted by Crippen LogP contribution is 2.24. The average Bonchev–Trinajstić information content (AvgIpc) is 2.39. The van der Waals surface area contributed by atoms with Crippen molar-refractivity contribution in [1.29, 1.82) is 0 Å². The Hall–Kier alpha value is -1.55. The molecule has 0 bridgehead atoms. The molecular weight excluding hydrogens is 228 g/mol. The molecule has 2 aliphatic heterocycles. The standard InChI is InChI=1S/C14H18N2O2/c17-14(18-10-11-4-2-1-3-5-11)16-7-6-12-8-15-13(12)9-16/h1-5,12-13,15H,6-10H2. The first kappa shape index (κ1) is 11.5. The largest absolute Gasteiger partial charge is 0.445 e. The van der Waals surface area contributed by atoms with Gasteiger partial charge in [-0.1, -0.05) is 30.3 Å². The molecule has 2 atom stereocenters. The molecule has 1 N–H and O–H groups in total. The lowest BCUT2D eigenvalue weighted by atomic mass is 9.85. The summed E-state index contributed by atoms with van der Waals surface area (Å²) in [5.41, 5.74) is 1.03. The lowest BCUT2D eigenvalue weighted by Crippen LogP contribution is -2.62. The van der Waals surface area contributed by atoms with Crippen LogP contribution in [0, 0.1) is 5.92 Å². The molecule has 2 unspecified atom stereocenters. The van der Waals surface area contributed by atoms with Gasteiger partial charge in [0, 0.05) is 19.1 Å². The number of fused-ring (bicyclic) bond motifs is 1. The zero-order chi connectivity index (χ0) is 12.4. The molecule has 1 aromatic carbocycles. The van der Waals surface area contributed by atoms with Crippen molar-refractivity contribution in [3.05, 3.63) is 35.9 Å². The molecule has 1 amide bonds. The number of rotatable bonds is 2. The molecule has 0 saturated carbocycles. The first-order valence-corrected chi connectivity index (χ1v) is 6.52. The molecule has 4 heteroatoms. The third kappa shape index (κ3) is 2.34. The number of amides is 1. The van der Waals surface area contributed by atoms with Crippen molar-refractivity contribution in [3.63, 3.8) is 0 Å². The quantitative estimate of drug-likeness (QED) is 0.862. The summed E-state index contributed by atoms with van der Waals surface area (Å²) in [4.78, 5) is 13.7. The summed E-state index contributed by atoms with van der Waals surface area (Å²) in [6.07, 6.45) is 0.906. The number of hydrogen-bond acceptors (Lipinski definition) is 3. The van der Waals surface area contributed by atoms with Crippen molar-refractivity contribution >= 4 is 6.09 Å². The van der Waals surface area contributed by atoms with Gasteiger partial charge in [0.15, 0.2) is 0 Å². The normalized spacial score (nSPS) is 26.1. The third-order valence-electron chi connectivity index (χ3n) is 3.86. The van der Waals surface area contributed by atoms with Gasteiger partial charge >= 0.3 is 6.09 Å². The Bertz CT molecular complexity index is 421. The molecule has 0 aromatic heterocycles. The minimum Gasteiger partial charge on any atom is -0.445 e. The molecule has 3 rings (SSSR count). The second kappa shape index (κ2) is 4.98. The zero-order valence-electron chi connectivity index (χ0n) is 10.3. The van der Waals surface area contributed by atoms with Crippen LogP contribution < -0.4 is 5.32 Å². The van der Waals surface area contributed by atoms with Gasteiger partial charge in [0.25, 0.3) is 0 Å². The maximum absolute atomic E-state index is 11.9. The van der Waals surface area contributed by atoms with E-state index in [1.54, 1.807) is 0 Å². The molecule has 2 saturated heterocycles. The molecule has 96 valence electrons. The Morgan fingerprint density at radius 1 is 1.39 bits per heavy atom. The van der Waals surface area contributed by atoms with Gasteiger partial charge in [-0.2, -0.15) is 0 Å². The van der Waals surface area contributed by atoms with Gasteiger partial charge < -0.3 is 15.0 Å². The summed E-state index contributed by atoms with van der Waals surface area (Å²) in [5, 5.41) is 3.36. The number of benzene rings is 1. The highest BCUT2D eigenvalue weighted by atomic mass is 16.6. The number of hydrogen-bond donors (Lipinski definition) is 1. The van der Waals surface area contributed by atoms with E-state index in [2.05, 4.69) is 5.32 Å². The lowest BCUT2D eigenvalue weighted by Gasteiger charge is -2.45. The molecular formula is C14H18N2O2. The van der Waals surface area contributed by atoms with Crippen molar-refractivity contribution in [2.75, 3.05) is 19.6 Å². The number of ether oxygens (including phenoxy) is 1. The summed E-state index contributed by atoms with van der Waals surface area (Å²) < 4.78 is 5.33. The summed E-state index contributed by atoms with van der Waals surface area (Å²) in [6, 6.07) is 10.3. The van der Waals surface area contributed by atoms with E-state index in [0.717, 1.165) is 37.5 Å². The Balaban J connectivity index is 1.49. The van der Waals surface area contributed by atoms with Crippen LogP contribution in [0.25, 0.3) is 0 Å². The average molecular weight is 246 g/mol. The zero-order valence-corrected chi connectivity index (χ0v) is 10.3. The smallest absolute Gasteiger partial charge is 0.410 e. The van der Waals surface area contributed by atoms with Crippen molar-refractivity contribution in [3.8, 4) is 0 Å². The van der Waals surface area contributed by atoms with E-state index < -0.39 is 0 Å². The van der Waals surface area contributed by atoms with E-state index in [-0.39, 0.29) is 6.09 Å². The van der Waals surface area contributed by atoms with Gasteiger partial charge in [0.05, 0.1) is 0 Å². The predicted molar refractivity (Wildman–Crippen MR) is 68.1 cm³/mol. The monoisotopic (exact) mass is 246 g/mol. The molecule has 0 spiro atoms. The Kier molecular flexibility index (Phi) is 3.19.